The molecule has 2 aromatic rings. The van der Waals surface area contributed by atoms with Crippen molar-refractivity contribution in [2.45, 2.75) is 46.0 Å². The third kappa shape index (κ3) is 2.42. The van der Waals surface area contributed by atoms with E-state index in [-0.39, 0.29) is 5.91 Å². The molecule has 1 aromatic carbocycles. The number of amides is 1. The molecule has 0 radical (unpaired) electrons. The van der Waals surface area contributed by atoms with Crippen LogP contribution in [-0.4, -0.2) is 5.91 Å². The molecule has 0 atom stereocenters. The molecule has 1 N–H and O–H groups in total. The lowest BCUT2D eigenvalue weighted by Crippen LogP contribution is -2.03. The minimum atomic E-state index is -0.0356. The molecular formula is C20H20INO2. The summed E-state index contributed by atoms with van der Waals surface area (Å²) in [4.78, 5) is 12.5. The average Bonchev–Trinajstić information content (AvgIpc) is 3.09. The van der Waals surface area contributed by atoms with Crippen molar-refractivity contribution >= 4 is 45.8 Å². The van der Waals surface area contributed by atoms with E-state index in [0.29, 0.717) is 0 Å². The molecule has 1 amide bonds. The van der Waals surface area contributed by atoms with Gasteiger partial charge >= 0.3 is 0 Å². The van der Waals surface area contributed by atoms with E-state index in [4.69, 9.17) is 4.42 Å². The molecule has 0 spiro atoms. The lowest BCUT2D eigenvalue weighted by atomic mass is 9.93. The van der Waals surface area contributed by atoms with E-state index in [1.165, 1.54) is 27.5 Å². The number of fused-ring (bicyclic) bond motifs is 2. The van der Waals surface area contributed by atoms with Crippen molar-refractivity contribution in [3.05, 3.63) is 49.5 Å². The normalized spacial score (nSPS) is 17.8. The zero-order valence-electron chi connectivity index (χ0n) is 14.0. The summed E-state index contributed by atoms with van der Waals surface area (Å²) in [6.07, 6.45) is 7.45. The molecule has 0 saturated heterocycles. The molecule has 1 aliphatic carbocycles. The topological polar surface area (TPSA) is 42.2 Å². The van der Waals surface area contributed by atoms with Gasteiger partial charge in [-0.1, -0.05) is 6.92 Å². The molecular weight excluding hydrogens is 413 g/mol. The zero-order valence-corrected chi connectivity index (χ0v) is 16.1. The molecule has 0 unspecified atom stereocenters. The number of carbonyl (C=O) groups is 1. The Morgan fingerprint density at radius 3 is 2.88 bits per heavy atom. The van der Waals surface area contributed by atoms with Crippen molar-refractivity contribution in [2.24, 2.45) is 0 Å². The minimum absolute atomic E-state index is 0.0356. The van der Waals surface area contributed by atoms with Crippen molar-refractivity contribution in [1.29, 1.82) is 0 Å². The second-order valence-corrected chi connectivity index (χ2v) is 7.68. The fourth-order valence-electron chi connectivity index (χ4n) is 3.87. The number of rotatable bonds is 2. The molecule has 4 heteroatoms. The Morgan fingerprint density at radius 1 is 1.29 bits per heavy atom. The highest BCUT2D eigenvalue weighted by Crippen LogP contribution is 2.39. The van der Waals surface area contributed by atoms with Crippen molar-refractivity contribution in [3.8, 4) is 0 Å². The fourth-order valence-corrected chi connectivity index (χ4v) is 4.32. The Bertz CT molecular complexity index is 876. The first-order valence-electron chi connectivity index (χ1n) is 8.56. The largest absolute Gasteiger partial charge is 0.461 e. The Hall–Kier alpha value is -1.56. The standard InChI is InChI=1S/C20H20INO2/c1-3-12-13-6-4-5-7-17(13)24-18(12)10-14-19-11(2)15(21)8-9-16(19)22-20(14)23/h8-10H,3-7H2,1-2H3,(H,22,23). The van der Waals surface area contributed by atoms with Crippen LogP contribution in [0.2, 0.25) is 0 Å². The predicted molar refractivity (Wildman–Crippen MR) is 105 cm³/mol. The van der Waals surface area contributed by atoms with Crippen molar-refractivity contribution in [2.75, 3.05) is 5.32 Å². The number of nitrogens with one attached hydrogen (secondary N) is 1. The zero-order chi connectivity index (χ0) is 16.8. The van der Waals surface area contributed by atoms with Gasteiger partial charge in [-0.15, -0.1) is 0 Å². The van der Waals surface area contributed by atoms with Crippen LogP contribution in [0.4, 0.5) is 5.69 Å². The molecule has 24 heavy (non-hydrogen) atoms. The Labute approximate surface area is 155 Å². The number of furan rings is 1. The average molecular weight is 433 g/mol. The van der Waals surface area contributed by atoms with Gasteiger partial charge in [0.25, 0.3) is 5.91 Å². The summed E-state index contributed by atoms with van der Waals surface area (Å²) in [5, 5.41) is 2.98. The highest BCUT2D eigenvalue weighted by atomic mass is 127. The Kier molecular flexibility index (Phi) is 4.03. The van der Waals surface area contributed by atoms with Gasteiger partial charge in [-0.2, -0.15) is 0 Å². The molecule has 4 rings (SSSR count). The molecule has 2 heterocycles. The molecule has 0 fully saturated rings. The van der Waals surface area contributed by atoms with E-state index < -0.39 is 0 Å². The van der Waals surface area contributed by atoms with Gasteiger partial charge in [0, 0.05) is 26.8 Å². The van der Waals surface area contributed by atoms with Gasteiger partial charge in [-0.05, 0) is 84.5 Å². The first-order valence-corrected chi connectivity index (χ1v) is 9.64. The second kappa shape index (κ2) is 6.06. The van der Waals surface area contributed by atoms with E-state index >= 15 is 0 Å². The number of aryl methyl sites for hydroxylation is 1. The molecule has 3 nitrogen and oxygen atoms in total. The number of anilines is 1. The third-order valence-electron chi connectivity index (χ3n) is 5.10. The van der Waals surface area contributed by atoms with Gasteiger partial charge in [0.2, 0.25) is 0 Å². The SMILES string of the molecule is CCc1c(C=C2C(=O)Nc3ccc(I)c(C)c32)oc2c1CCCC2. The first-order chi connectivity index (χ1) is 11.6. The second-order valence-electron chi connectivity index (χ2n) is 6.51. The van der Waals surface area contributed by atoms with Crippen molar-refractivity contribution in [3.63, 3.8) is 0 Å². The van der Waals surface area contributed by atoms with Gasteiger partial charge in [0.15, 0.2) is 0 Å². The predicted octanol–water partition coefficient (Wildman–Crippen LogP) is 5.13. The van der Waals surface area contributed by atoms with Gasteiger partial charge < -0.3 is 9.73 Å². The van der Waals surface area contributed by atoms with Crippen LogP contribution in [0, 0.1) is 10.5 Å². The van der Waals surface area contributed by atoms with Gasteiger partial charge in [-0.3, -0.25) is 4.79 Å². The molecule has 2 aliphatic rings. The molecule has 1 aliphatic heterocycles. The maximum Gasteiger partial charge on any atom is 0.256 e. The van der Waals surface area contributed by atoms with Gasteiger partial charge in [-0.25, -0.2) is 0 Å². The van der Waals surface area contributed by atoms with Gasteiger partial charge in [0.05, 0.1) is 5.57 Å². The van der Waals surface area contributed by atoms with Crippen LogP contribution in [0.3, 0.4) is 0 Å². The lowest BCUT2D eigenvalue weighted by molar-refractivity contribution is -0.110. The number of halogens is 1. The summed E-state index contributed by atoms with van der Waals surface area (Å²) in [5.41, 5.74) is 6.45. The quantitative estimate of drug-likeness (QED) is 0.528. The highest BCUT2D eigenvalue weighted by molar-refractivity contribution is 14.1. The summed E-state index contributed by atoms with van der Waals surface area (Å²) < 4.78 is 7.33. The van der Waals surface area contributed by atoms with E-state index in [0.717, 1.165) is 53.2 Å². The monoisotopic (exact) mass is 433 g/mol. The maximum absolute atomic E-state index is 12.5. The summed E-state index contributed by atoms with van der Waals surface area (Å²) >= 11 is 2.32. The Balaban J connectivity index is 1.88. The van der Waals surface area contributed by atoms with E-state index in [1.54, 1.807) is 0 Å². The molecule has 0 saturated carbocycles. The number of benzene rings is 1. The van der Waals surface area contributed by atoms with Crippen molar-refractivity contribution < 1.29 is 9.21 Å². The summed E-state index contributed by atoms with van der Waals surface area (Å²) in [6, 6.07) is 4.03. The van der Waals surface area contributed by atoms with Crippen LogP contribution in [-0.2, 0) is 24.1 Å². The van der Waals surface area contributed by atoms with Crippen LogP contribution in [0.15, 0.2) is 16.5 Å². The van der Waals surface area contributed by atoms with Crippen LogP contribution < -0.4 is 5.32 Å². The first kappa shape index (κ1) is 15.9. The molecule has 124 valence electrons. The molecule has 1 aromatic heterocycles. The highest BCUT2D eigenvalue weighted by Gasteiger charge is 2.28. The lowest BCUT2D eigenvalue weighted by Gasteiger charge is -2.09. The smallest absolute Gasteiger partial charge is 0.256 e. The van der Waals surface area contributed by atoms with E-state index in [2.05, 4.69) is 41.8 Å². The maximum atomic E-state index is 12.5. The van der Waals surface area contributed by atoms with Crippen LogP contribution in [0.1, 0.15) is 53.5 Å². The number of hydrogen-bond acceptors (Lipinski definition) is 2. The summed E-state index contributed by atoms with van der Waals surface area (Å²) in [6.45, 7) is 4.24. The van der Waals surface area contributed by atoms with Crippen LogP contribution in [0.5, 0.6) is 0 Å². The van der Waals surface area contributed by atoms with E-state index in [1.807, 2.05) is 18.2 Å². The third-order valence-corrected chi connectivity index (χ3v) is 6.27. The van der Waals surface area contributed by atoms with Crippen LogP contribution in [0.25, 0.3) is 11.6 Å². The summed E-state index contributed by atoms with van der Waals surface area (Å²) in [5.74, 6) is 1.97. The van der Waals surface area contributed by atoms with Crippen LogP contribution >= 0.6 is 22.6 Å². The number of hydrogen-bond donors (Lipinski definition) is 1. The summed E-state index contributed by atoms with van der Waals surface area (Å²) in [7, 11) is 0. The Morgan fingerprint density at radius 2 is 2.08 bits per heavy atom. The van der Waals surface area contributed by atoms with E-state index in [9.17, 15) is 4.79 Å². The molecule has 0 bridgehead atoms. The van der Waals surface area contributed by atoms with Crippen molar-refractivity contribution in [1.82, 2.24) is 0 Å². The fraction of sp³-hybridized carbons (Fsp3) is 0.350. The van der Waals surface area contributed by atoms with Gasteiger partial charge in [0.1, 0.15) is 11.5 Å². The number of carbonyl (C=O) groups excluding carboxylic acids is 1. The minimum Gasteiger partial charge on any atom is -0.461 e.